The van der Waals surface area contributed by atoms with Crippen LogP contribution >= 0.6 is 0 Å². The molecule has 1 saturated heterocycles. The summed E-state index contributed by atoms with van der Waals surface area (Å²) in [5.41, 5.74) is 0.934. The molecule has 0 aromatic carbocycles. The van der Waals surface area contributed by atoms with E-state index in [9.17, 15) is 4.79 Å². The molecule has 5 heteroatoms. The zero-order chi connectivity index (χ0) is 15.3. The molecule has 2 rings (SSSR count). The largest absolute Gasteiger partial charge is 0.370 e. The molecular weight excluding hydrogens is 264 g/mol. The first-order valence-corrected chi connectivity index (χ1v) is 7.71. The Morgan fingerprint density at radius 3 is 2.90 bits per heavy atom. The molecule has 1 atom stereocenters. The molecule has 2 N–H and O–H groups in total. The number of nitrogens with zero attached hydrogens (tertiary/aromatic N) is 2. The molecule has 1 amide bonds. The Morgan fingerprint density at radius 2 is 2.29 bits per heavy atom. The van der Waals surface area contributed by atoms with E-state index in [2.05, 4.69) is 33.5 Å². The average molecular weight is 290 g/mol. The maximum absolute atomic E-state index is 11.9. The molecule has 0 saturated carbocycles. The van der Waals surface area contributed by atoms with E-state index in [0.717, 1.165) is 44.8 Å². The Bertz CT molecular complexity index is 474. The summed E-state index contributed by atoms with van der Waals surface area (Å²) in [6.45, 7) is 7.75. The minimum atomic E-state index is -0.259. The molecule has 1 aliphatic rings. The summed E-state index contributed by atoms with van der Waals surface area (Å²) in [7, 11) is 1.71. The quantitative estimate of drug-likeness (QED) is 0.839. The zero-order valence-electron chi connectivity index (χ0n) is 13.3. The van der Waals surface area contributed by atoms with Crippen molar-refractivity contribution < 1.29 is 4.79 Å². The van der Waals surface area contributed by atoms with Gasteiger partial charge in [0.25, 0.3) is 0 Å². The summed E-state index contributed by atoms with van der Waals surface area (Å²) in [4.78, 5) is 18.7. The molecule has 0 aliphatic carbocycles. The van der Waals surface area contributed by atoms with Crippen molar-refractivity contribution in [2.75, 3.05) is 32.0 Å². The van der Waals surface area contributed by atoms with Gasteiger partial charge >= 0.3 is 0 Å². The predicted molar refractivity (Wildman–Crippen MR) is 85.1 cm³/mol. The zero-order valence-corrected chi connectivity index (χ0v) is 13.3. The van der Waals surface area contributed by atoms with Crippen molar-refractivity contribution >= 4 is 11.7 Å². The number of likely N-dealkylation sites (tertiary alicyclic amines) is 1. The average Bonchev–Trinajstić information content (AvgIpc) is 2.88. The normalized spacial score (nSPS) is 22.2. The smallest absolute Gasteiger partial charge is 0.227 e. The molecule has 21 heavy (non-hydrogen) atoms. The summed E-state index contributed by atoms with van der Waals surface area (Å²) in [5, 5.41) is 6.05. The van der Waals surface area contributed by atoms with E-state index in [1.807, 2.05) is 19.2 Å². The van der Waals surface area contributed by atoms with Crippen LogP contribution in [0.15, 0.2) is 18.3 Å². The molecule has 1 aromatic heterocycles. The van der Waals surface area contributed by atoms with Crippen LogP contribution in [-0.2, 0) is 11.3 Å². The van der Waals surface area contributed by atoms with Crippen LogP contribution in [0.4, 0.5) is 5.82 Å². The summed E-state index contributed by atoms with van der Waals surface area (Å²) in [6.07, 6.45) is 3.93. The standard InChI is InChI=1S/C16H26N4O/c1-4-8-18-14-6-5-13(10-19-14)11-20-9-7-16(2,12-20)15(21)17-3/h5-6,10H,4,7-9,11-12H2,1-3H3,(H,17,21)(H,18,19). The van der Waals surface area contributed by atoms with Gasteiger partial charge in [0.05, 0.1) is 5.41 Å². The van der Waals surface area contributed by atoms with Gasteiger partial charge in [0, 0.05) is 32.9 Å². The number of amides is 1. The number of carbonyl (C=O) groups excluding carboxylic acids is 1. The summed E-state index contributed by atoms with van der Waals surface area (Å²) >= 11 is 0. The van der Waals surface area contributed by atoms with E-state index in [-0.39, 0.29) is 11.3 Å². The van der Waals surface area contributed by atoms with Crippen LogP contribution in [0.5, 0.6) is 0 Å². The highest BCUT2D eigenvalue weighted by Crippen LogP contribution is 2.30. The molecule has 1 aliphatic heterocycles. The monoisotopic (exact) mass is 290 g/mol. The van der Waals surface area contributed by atoms with Gasteiger partial charge in [-0.3, -0.25) is 9.69 Å². The second-order valence-corrected chi connectivity index (χ2v) is 6.08. The maximum atomic E-state index is 11.9. The number of hydrogen-bond acceptors (Lipinski definition) is 4. The van der Waals surface area contributed by atoms with Crippen LogP contribution < -0.4 is 10.6 Å². The third-order valence-electron chi connectivity index (χ3n) is 4.11. The van der Waals surface area contributed by atoms with Crippen molar-refractivity contribution in [1.29, 1.82) is 0 Å². The van der Waals surface area contributed by atoms with Crippen molar-refractivity contribution in [3.05, 3.63) is 23.9 Å². The Labute approximate surface area is 127 Å². The fraction of sp³-hybridized carbons (Fsp3) is 0.625. The van der Waals surface area contributed by atoms with E-state index in [1.54, 1.807) is 7.05 Å². The van der Waals surface area contributed by atoms with Gasteiger partial charge in [-0.1, -0.05) is 13.0 Å². The number of pyridine rings is 1. The lowest BCUT2D eigenvalue weighted by atomic mass is 9.89. The molecule has 2 heterocycles. The number of aromatic nitrogens is 1. The molecule has 0 bridgehead atoms. The second-order valence-electron chi connectivity index (χ2n) is 6.08. The lowest BCUT2D eigenvalue weighted by molar-refractivity contribution is -0.129. The predicted octanol–water partition coefficient (Wildman–Crippen LogP) is 1.86. The fourth-order valence-corrected chi connectivity index (χ4v) is 2.81. The van der Waals surface area contributed by atoms with Crippen LogP contribution in [0.1, 0.15) is 32.3 Å². The number of carbonyl (C=O) groups is 1. The lowest BCUT2D eigenvalue weighted by Crippen LogP contribution is -2.39. The van der Waals surface area contributed by atoms with Crippen molar-refractivity contribution in [3.8, 4) is 0 Å². The van der Waals surface area contributed by atoms with Gasteiger partial charge in [0.1, 0.15) is 5.82 Å². The lowest BCUT2D eigenvalue weighted by Gasteiger charge is -2.22. The molecule has 0 spiro atoms. The van der Waals surface area contributed by atoms with Crippen LogP contribution in [0.3, 0.4) is 0 Å². The molecule has 116 valence electrons. The highest BCUT2D eigenvalue weighted by atomic mass is 16.2. The van der Waals surface area contributed by atoms with Crippen molar-refractivity contribution in [2.24, 2.45) is 5.41 Å². The highest BCUT2D eigenvalue weighted by molar-refractivity contribution is 5.82. The van der Waals surface area contributed by atoms with E-state index in [4.69, 9.17) is 0 Å². The van der Waals surface area contributed by atoms with Gasteiger partial charge in [0.2, 0.25) is 5.91 Å². The van der Waals surface area contributed by atoms with Crippen LogP contribution in [0, 0.1) is 5.41 Å². The van der Waals surface area contributed by atoms with E-state index in [0.29, 0.717) is 0 Å². The maximum Gasteiger partial charge on any atom is 0.227 e. The third kappa shape index (κ3) is 3.94. The summed E-state index contributed by atoms with van der Waals surface area (Å²) < 4.78 is 0. The minimum absolute atomic E-state index is 0.141. The van der Waals surface area contributed by atoms with E-state index < -0.39 is 0 Å². The molecule has 0 radical (unpaired) electrons. The highest BCUT2D eigenvalue weighted by Gasteiger charge is 2.39. The molecule has 5 nitrogen and oxygen atoms in total. The first-order valence-electron chi connectivity index (χ1n) is 7.71. The number of rotatable bonds is 6. The van der Waals surface area contributed by atoms with Gasteiger partial charge < -0.3 is 10.6 Å². The number of anilines is 1. The van der Waals surface area contributed by atoms with Crippen LogP contribution in [-0.4, -0.2) is 42.5 Å². The van der Waals surface area contributed by atoms with Gasteiger partial charge in [0.15, 0.2) is 0 Å². The van der Waals surface area contributed by atoms with Gasteiger partial charge in [-0.25, -0.2) is 4.98 Å². The number of nitrogens with one attached hydrogen (secondary N) is 2. The third-order valence-corrected chi connectivity index (χ3v) is 4.11. The minimum Gasteiger partial charge on any atom is -0.370 e. The van der Waals surface area contributed by atoms with Gasteiger partial charge in [-0.2, -0.15) is 0 Å². The van der Waals surface area contributed by atoms with Crippen molar-refractivity contribution in [2.45, 2.75) is 33.2 Å². The SMILES string of the molecule is CCCNc1ccc(CN2CCC(C)(C(=O)NC)C2)cn1. The Morgan fingerprint density at radius 1 is 1.48 bits per heavy atom. The molecule has 1 fully saturated rings. The van der Waals surface area contributed by atoms with Gasteiger partial charge in [-0.05, 0) is 37.9 Å². The van der Waals surface area contributed by atoms with Crippen LogP contribution in [0.25, 0.3) is 0 Å². The van der Waals surface area contributed by atoms with Crippen molar-refractivity contribution in [3.63, 3.8) is 0 Å². The second kappa shape index (κ2) is 6.89. The number of hydrogen-bond donors (Lipinski definition) is 2. The Balaban J connectivity index is 1.90. The van der Waals surface area contributed by atoms with Crippen LogP contribution in [0.2, 0.25) is 0 Å². The summed E-state index contributed by atoms with van der Waals surface area (Å²) in [5.74, 6) is 1.07. The van der Waals surface area contributed by atoms with Crippen molar-refractivity contribution in [1.82, 2.24) is 15.2 Å². The van der Waals surface area contributed by atoms with E-state index >= 15 is 0 Å². The molecule has 1 aromatic rings. The Hall–Kier alpha value is -1.62. The first-order chi connectivity index (χ1) is 10.1. The Kier molecular flexibility index (Phi) is 5.17. The first kappa shape index (κ1) is 15.8. The summed E-state index contributed by atoms with van der Waals surface area (Å²) in [6, 6.07) is 4.14. The molecule has 1 unspecified atom stereocenters. The van der Waals surface area contributed by atoms with Gasteiger partial charge in [-0.15, -0.1) is 0 Å². The van der Waals surface area contributed by atoms with E-state index in [1.165, 1.54) is 5.56 Å². The fourth-order valence-electron chi connectivity index (χ4n) is 2.81. The molecular formula is C16H26N4O. The topological polar surface area (TPSA) is 57.3 Å².